The number of amides is 1. The molecule has 0 aromatic rings. The minimum atomic E-state index is 0.0914. The Bertz CT molecular complexity index is 336. The van der Waals surface area contributed by atoms with Gasteiger partial charge in [-0.15, -0.1) is 0 Å². The number of carbonyl (C=O) groups excluding carboxylic acids is 2. The molecule has 1 amide bonds. The zero-order valence-electron chi connectivity index (χ0n) is 12.1. The summed E-state index contributed by atoms with van der Waals surface area (Å²) in [7, 11) is 0. The molecule has 4 heteroatoms. The summed E-state index contributed by atoms with van der Waals surface area (Å²) in [6, 6.07) is 0. The number of hydrogen-bond donors (Lipinski definition) is 0. The summed E-state index contributed by atoms with van der Waals surface area (Å²) >= 11 is 0. The molecule has 3 atom stereocenters. The number of carbonyl (C=O) groups is 2. The van der Waals surface area contributed by atoms with Crippen LogP contribution in [-0.2, 0) is 14.3 Å². The van der Waals surface area contributed by atoms with Crippen molar-refractivity contribution < 1.29 is 14.3 Å². The molecule has 0 bridgehead atoms. The van der Waals surface area contributed by atoms with E-state index in [-0.39, 0.29) is 23.7 Å². The van der Waals surface area contributed by atoms with Crippen molar-refractivity contribution in [1.82, 2.24) is 4.90 Å². The molecule has 2 fully saturated rings. The first kappa shape index (κ1) is 14.5. The van der Waals surface area contributed by atoms with Crippen LogP contribution in [0.2, 0.25) is 0 Å². The van der Waals surface area contributed by atoms with E-state index in [1.165, 1.54) is 0 Å². The summed E-state index contributed by atoms with van der Waals surface area (Å²) in [4.78, 5) is 26.2. The molecular weight excluding hydrogens is 242 g/mol. The maximum absolute atomic E-state index is 12.2. The van der Waals surface area contributed by atoms with Crippen molar-refractivity contribution in [2.75, 3.05) is 26.3 Å². The van der Waals surface area contributed by atoms with E-state index in [2.05, 4.69) is 6.92 Å². The van der Waals surface area contributed by atoms with E-state index < -0.39 is 0 Å². The minimum Gasteiger partial charge on any atom is -0.378 e. The van der Waals surface area contributed by atoms with Crippen LogP contribution in [0.25, 0.3) is 0 Å². The van der Waals surface area contributed by atoms with E-state index in [0.29, 0.717) is 38.5 Å². The molecule has 3 unspecified atom stereocenters. The Kier molecular flexibility index (Phi) is 4.97. The van der Waals surface area contributed by atoms with Gasteiger partial charge in [-0.05, 0) is 18.8 Å². The fourth-order valence-corrected chi connectivity index (χ4v) is 3.22. The molecule has 0 N–H and O–H groups in total. The fourth-order valence-electron chi connectivity index (χ4n) is 3.22. The number of hydrogen-bond acceptors (Lipinski definition) is 3. The van der Waals surface area contributed by atoms with Crippen LogP contribution < -0.4 is 0 Å². The van der Waals surface area contributed by atoms with Gasteiger partial charge < -0.3 is 9.64 Å². The van der Waals surface area contributed by atoms with Gasteiger partial charge in [-0.2, -0.15) is 0 Å². The average Bonchev–Trinajstić information content (AvgIpc) is 2.42. The Morgan fingerprint density at radius 2 is 2.05 bits per heavy atom. The summed E-state index contributed by atoms with van der Waals surface area (Å²) in [6.45, 7) is 6.74. The van der Waals surface area contributed by atoms with E-state index in [1.807, 2.05) is 11.8 Å². The molecule has 19 heavy (non-hydrogen) atoms. The predicted molar refractivity (Wildman–Crippen MR) is 72.7 cm³/mol. The van der Waals surface area contributed by atoms with Crippen molar-refractivity contribution in [1.29, 1.82) is 0 Å². The lowest BCUT2D eigenvalue weighted by Crippen LogP contribution is -2.42. The van der Waals surface area contributed by atoms with E-state index in [0.717, 1.165) is 19.3 Å². The third-order valence-corrected chi connectivity index (χ3v) is 4.55. The molecule has 0 aromatic heterocycles. The smallest absolute Gasteiger partial charge is 0.223 e. The van der Waals surface area contributed by atoms with E-state index >= 15 is 0 Å². The molecular formula is C15H25NO3. The Morgan fingerprint density at radius 1 is 1.37 bits per heavy atom. The summed E-state index contributed by atoms with van der Waals surface area (Å²) in [5.74, 6) is 0.995. The lowest BCUT2D eigenvalue weighted by molar-refractivity contribution is -0.138. The lowest BCUT2D eigenvalue weighted by atomic mass is 9.74. The molecule has 2 rings (SSSR count). The third-order valence-electron chi connectivity index (χ3n) is 4.55. The van der Waals surface area contributed by atoms with Crippen molar-refractivity contribution in [3.63, 3.8) is 0 Å². The van der Waals surface area contributed by atoms with Crippen LogP contribution in [0.1, 0.15) is 39.5 Å². The quantitative estimate of drug-likeness (QED) is 0.784. The zero-order valence-corrected chi connectivity index (χ0v) is 12.1. The van der Waals surface area contributed by atoms with Crippen LogP contribution in [0.5, 0.6) is 0 Å². The van der Waals surface area contributed by atoms with Gasteiger partial charge in [-0.1, -0.05) is 20.3 Å². The third kappa shape index (κ3) is 3.56. The van der Waals surface area contributed by atoms with E-state index in [9.17, 15) is 9.59 Å². The van der Waals surface area contributed by atoms with Gasteiger partial charge in [0.05, 0.1) is 13.2 Å². The van der Waals surface area contributed by atoms with Gasteiger partial charge in [0.25, 0.3) is 0 Å². The molecule has 0 aromatic carbocycles. The van der Waals surface area contributed by atoms with Crippen LogP contribution in [0.3, 0.4) is 0 Å². The van der Waals surface area contributed by atoms with Crippen molar-refractivity contribution in [2.24, 2.45) is 17.8 Å². The van der Waals surface area contributed by atoms with E-state index in [4.69, 9.17) is 4.74 Å². The van der Waals surface area contributed by atoms with Gasteiger partial charge in [-0.3, -0.25) is 9.59 Å². The highest BCUT2D eigenvalue weighted by molar-refractivity contribution is 5.85. The first-order chi connectivity index (χ1) is 9.09. The number of ether oxygens (including phenoxy) is 1. The SMILES string of the molecule is CC1CCCC(C(C)CC(=O)N2CCOCC2)C1=O. The molecule has 1 saturated heterocycles. The first-order valence-corrected chi connectivity index (χ1v) is 7.49. The van der Waals surface area contributed by atoms with Crippen LogP contribution >= 0.6 is 0 Å². The minimum absolute atomic E-state index is 0.0914. The topological polar surface area (TPSA) is 46.6 Å². The summed E-state index contributed by atoms with van der Waals surface area (Å²) < 4.78 is 5.25. The summed E-state index contributed by atoms with van der Waals surface area (Å²) in [6.07, 6.45) is 3.59. The molecule has 108 valence electrons. The molecule has 2 aliphatic rings. The summed E-state index contributed by atoms with van der Waals surface area (Å²) in [5.41, 5.74) is 0. The molecule has 1 aliphatic carbocycles. The standard InChI is InChI=1S/C15H25NO3/c1-11-4-3-5-13(15(11)18)12(2)10-14(17)16-6-8-19-9-7-16/h11-13H,3-10H2,1-2H3. The van der Waals surface area contributed by atoms with Gasteiger partial charge in [0.1, 0.15) is 5.78 Å². The predicted octanol–water partition coefficient (Wildman–Crippen LogP) is 1.88. The Labute approximate surface area is 115 Å². The van der Waals surface area contributed by atoms with Gasteiger partial charge in [0.15, 0.2) is 0 Å². The number of Topliss-reactive ketones (excluding diaryl/α,β-unsaturated/α-hetero) is 1. The van der Waals surface area contributed by atoms with Crippen molar-refractivity contribution in [3.8, 4) is 0 Å². The highest BCUT2D eigenvalue weighted by Gasteiger charge is 2.33. The second-order valence-corrected chi connectivity index (χ2v) is 6.02. The zero-order chi connectivity index (χ0) is 13.8. The Balaban J connectivity index is 1.87. The lowest BCUT2D eigenvalue weighted by Gasteiger charge is -2.32. The van der Waals surface area contributed by atoms with Gasteiger partial charge in [-0.25, -0.2) is 0 Å². The van der Waals surface area contributed by atoms with Crippen LogP contribution in [0, 0.1) is 17.8 Å². The maximum Gasteiger partial charge on any atom is 0.223 e. The number of ketones is 1. The second-order valence-electron chi connectivity index (χ2n) is 6.02. The van der Waals surface area contributed by atoms with Gasteiger partial charge >= 0.3 is 0 Å². The fraction of sp³-hybridized carbons (Fsp3) is 0.867. The van der Waals surface area contributed by atoms with Crippen LogP contribution in [0.15, 0.2) is 0 Å². The molecule has 1 heterocycles. The molecule has 1 aliphatic heterocycles. The monoisotopic (exact) mass is 267 g/mol. The van der Waals surface area contributed by atoms with Crippen molar-refractivity contribution >= 4 is 11.7 Å². The largest absolute Gasteiger partial charge is 0.378 e. The second kappa shape index (κ2) is 6.51. The molecule has 4 nitrogen and oxygen atoms in total. The Morgan fingerprint density at radius 3 is 2.74 bits per heavy atom. The Hall–Kier alpha value is -0.900. The average molecular weight is 267 g/mol. The van der Waals surface area contributed by atoms with Gasteiger partial charge in [0.2, 0.25) is 5.91 Å². The highest BCUT2D eigenvalue weighted by Crippen LogP contribution is 2.32. The molecule has 0 spiro atoms. The number of nitrogens with zero attached hydrogens (tertiary/aromatic N) is 1. The van der Waals surface area contributed by atoms with E-state index in [1.54, 1.807) is 0 Å². The van der Waals surface area contributed by atoms with Crippen LogP contribution in [-0.4, -0.2) is 42.9 Å². The number of rotatable bonds is 3. The summed E-state index contributed by atoms with van der Waals surface area (Å²) in [5, 5.41) is 0. The first-order valence-electron chi connectivity index (χ1n) is 7.49. The normalized spacial score (nSPS) is 30.2. The highest BCUT2D eigenvalue weighted by atomic mass is 16.5. The van der Waals surface area contributed by atoms with Crippen molar-refractivity contribution in [2.45, 2.75) is 39.5 Å². The number of morpholine rings is 1. The molecule has 1 saturated carbocycles. The van der Waals surface area contributed by atoms with Crippen molar-refractivity contribution in [3.05, 3.63) is 0 Å². The van der Waals surface area contributed by atoms with Crippen LogP contribution in [0.4, 0.5) is 0 Å². The van der Waals surface area contributed by atoms with Gasteiger partial charge in [0, 0.05) is 31.3 Å². The maximum atomic E-state index is 12.2. The molecule has 0 radical (unpaired) electrons.